The molecule has 0 saturated carbocycles. The van der Waals surface area contributed by atoms with E-state index in [1.807, 2.05) is 12.1 Å². The average Bonchev–Trinajstić information content (AvgIpc) is 3.17. The van der Waals surface area contributed by atoms with Crippen molar-refractivity contribution in [2.75, 3.05) is 23.9 Å². The number of nitrogens with zero attached hydrogens (tertiary/aromatic N) is 3. The van der Waals surface area contributed by atoms with E-state index in [0.717, 1.165) is 10.1 Å². The molecule has 2 heterocycles. The largest absolute Gasteiger partial charge is 0.497 e. The summed E-state index contributed by atoms with van der Waals surface area (Å²) in [6, 6.07) is 14.4. The summed E-state index contributed by atoms with van der Waals surface area (Å²) in [5.41, 5.74) is 0.330. The van der Waals surface area contributed by atoms with Crippen molar-refractivity contribution in [1.82, 2.24) is 9.13 Å². The number of nitrogens with one attached hydrogen (secondary N) is 1. The predicted molar refractivity (Wildman–Crippen MR) is 126 cm³/mol. The number of aliphatic hydroxyl groups is 1. The van der Waals surface area contributed by atoms with Gasteiger partial charge in [-0.2, -0.15) is 0 Å². The Kier molecular flexibility index (Phi) is 6.62. The third-order valence-corrected chi connectivity index (χ3v) is 5.72. The highest BCUT2D eigenvalue weighted by Gasteiger charge is 2.36. The van der Waals surface area contributed by atoms with Gasteiger partial charge < -0.3 is 24.8 Å². The number of hydrogen-bond donors (Lipinski definition) is 2. The third kappa shape index (κ3) is 4.55. The second kappa shape index (κ2) is 9.60. The molecule has 0 spiro atoms. The zero-order valence-electron chi connectivity index (χ0n) is 18.3. The molecule has 2 N–H and O–H groups in total. The summed E-state index contributed by atoms with van der Waals surface area (Å²) in [7, 11) is 3.18. The van der Waals surface area contributed by atoms with Crippen LogP contribution in [0.4, 0.5) is 11.5 Å². The number of benzene rings is 2. The maximum Gasteiger partial charge on any atom is 0.332 e. The van der Waals surface area contributed by atoms with Crippen LogP contribution in [0.5, 0.6) is 11.5 Å². The van der Waals surface area contributed by atoms with E-state index in [1.165, 1.54) is 4.57 Å². The Morgan fingerprint density at radius 1 is 1.06 bits per heavy atom. The molecule has 0 saturated heterocycles. The molecule has 10 heteroatoms. The Balaban J connectivity index is 1.76. The highest BCUT2D eigenvalue weighted by Crippen LogP contribution is 2.33. The molecule has 1 aliphatic heterocycles. The van der Waals surface area contributed by atoms with Crippen molar-refractivity contribution < 1.29 is 14.6 Å². The number of fused-ring (bicyclic) bond motifs is 1. The molecule has 0 radical (unpaired) electrons. The Hall–Kier alpha value is -3.43. The lowest BCUT2D eigenvalue weighted by Gasteiger charge is -2.26. The molecule has 1 aromatic heterocycles. The highest BCUT2D eigenvalue weighted by atomic mass is 35.5. The maximum atomic E-state index is 13.4. The number of aromatic nitrogens is 2. The number of aliphatic hydroxyl groups excluding tert-OH is 1. The van der Waals surface area contributed by atoms with Gasteiger partial charge in [0.25, 0.3) is 11.9 Å². The van der Waals surface area contributed by atoms with Crippen LogP contribution < -0.4 is 30.9 Å². The van der Waals surface area contributed by atoms with Gasteiger partial charge in [0.2, 0.25) is 0 Å². The number of methoxy groups -OCH3 is 1. The van der Waals surface area contributed by atoms with Gasteiger partial charge in [-0.05, 0) is 48.4 Å². The van der Waals surface area contributed by atoms with Crippen molar-refractivity contribution in [1.29, 1.82) is 0 Å². The van der Waals surface area contributed by atoms with Gasteiger partial charge in [-0.1, -0.05) is 23.7 Å². The topological polar surface area (TPSA) is 98.0 Å². The summed E-state index contributed by atoms with van der Waals surface area (Å²) >= 11 is 6.03. The molecule has 1 unspecified atom stereocenters. The van der Waals surface area contributed by atoms with Crippen LogP contribution in [0.1, 0.15) is 12.0 Å². The Morgan fingerprint density at radius 2 is 1.73 bits per heavy atom. The van der Waals surface area contributed by atoms with Gasteiger partial charge in [0.15, 0.2) is 0 Å². The number of anilines is 2. The molecular formula is C23H25ClN4O5. The fourth-order valence-electron chi connectivity index (χ4n) is 3.74. The smallest absolute Gasteiger partial charge is 0.332 e. The standard InChI is InChI=1S/C23H25ClN4O5/c1-26-20-19(21(30)27(23(26)31)12-3-13-29)28(14-15-4-6-16(24)7-5-15)22(25-20)33-18-10-8-17(32-2)9-11-18/h4-11,22,25,29H,3,12-14H2,1-2H3. The van der Waals surface area contributed by atoms with Crippen molar-refractivity contribution in [2.24, 2.45) is 7.05 Å². The van der Waals surface area contributed by atoms with Gasteiger partial charge in [0.05, 0.1) is 7.11 Å². The van der Waals surface area contributed by atoms with Gasteiger partial charge in [-0.3, -0.25) is 13.9 Å². The molecular weight excluding hydrogens is 448 g/mol. The first kappa shape index (κ1) is 22.8. The molecule has 1 aliphatic rings. The first-order valence-corrected chi connectivity index (χ1v) is 10.8. The first-order valence-electron chi connectivity index (χ1n) is 10.5. The van der Waals surface area contributed by atoms with E-state index < -0.39 is 17.6 Å². The molecule has 0 amide bonds. The monoisotopic (exact) mass is 472 g/mol. The molecule has 0 fully saturated rings. The lowest BCUT2D eigenvalue weighted by molar-refractivity contribution is 0.227. The summed E-state index contributed by atoms with van der Waals surface area (Å²) in [5.74, 6) is 1.63. The Bertz CT molecular complexity index is 1240. The van der Waals surface area contributed by atoms with Crippen molar-refractivity contribution in [2.45, 2.75) is 25.9 Å². The van der Waals surface area contributed by atoms with Crippen molar-refractivity contribution in [3.05, 3.63) is 80.0 Å². The lowest BCUT2D eigenvalue weighted by atomic mass is 10.2. The number of rotatable bonds is 8. The normalized spacial score (nSPS) is 14.7. The molecule has 3 aromatic rings. The minimum atomic E-state index is -0.740. The number of hydrogen-bond acceptors (Lipinski definition) is 7. The van der Waals surface area contributed by atoms with Gasteiger partial charge in [-0.15, -0.1) is 0 Å². The molecule has 0 bridgehead atoms. The molecule has 0 aliphatic carbocycles. The van der Waals surface area contributed by atoms with Crippen LogP contribution in [-0.4, -0.2) is 34.3 Å². The van der Waals surface area contributed by atoms with E-state index in [4.69, 9.17) is 21.1 Å². The summed E-state index contributed by atoms with van der Waals surface area (Å²) in [6.45, 7) is 0.335. The molecule has 2 aromatic carbocycles. The molecule has 4 rings (SSSR count). The number of ether oxygens (including phenoxy) is 2. The average molecular weight is 473 g/mol. The van der Waals surface area contributed by atoms with Crippen LogP contribution >= 0.6 is 11.6 Å². The minimum absolute atomic E-state index is 0.119. The second-order valence-corrected chi connectivity index (χ2v) is 8.05. The SMILES string of the molecule is COc1ccc(OC2Nc3c(c(=O)n(CCCO)c(=O)n3C)N2Cc2ccc(Cl)cc2)cc1. The van der Waals surface area contributed by atoms with Crippen LogP contribution in [0.3, 0.4) is 0 Å². The zero-order valence-corrected chi connectivity index (χ0v) is 19.1. The van der Waals surface area contributed by atoms with E-state index in [2.05, 4.69) is 5.32 Å². The van der Waals surface area contributed by atoms with E-state index in [1.54, 1.807) is 55.5 Å². The predicted octanol–water partition coefficient (Wildman–Crippen LogP) is 2.39. The quantitative estimate of drug-likeness (QED) is 0.519. The molecule has 33 heavy (non-hydrogen) atoms. The Morgan fingerprint density at radius 3 is 2.36 bits per heavy atom. The fourth-order valence-corrected chi connectivity index (χ4v) is 3.86. The highest BCUT2D eigenvalue weighted by molar-refractivity contribution is 6.30. The maximum absolute atomic E-state index is 13.4. The summed E-state index contributed by atoms with van der Waals surface area (Å²) in [6.07, 6.45) is -0.444. The molecule has 174 valence electrons. The summed E-state index contributed by atoms with van der Waals surface area (Å²) < 4.78 is 13.9. The van der Waals surface area contributed by atoms with Crippen LogP contribution in [0.15, 0.2) is 58.1 Å². The van der Waals surface area contributed by atoms with E-state index in [0.29, 0.717) is 41.0 Å². The molecule has 1 atom stereocenters. The van der Waals surface area contributed by atoms with E-state index in [9.17, 15) is 14.7 Å². The summed E-state index contributed by atoms with van der Waals surface area (Å²) in [5, 5.41) is 13.0. The van der Waals surface area contributed by atoms with Gasteiger partial charge >= 0.3 is 5.69 Å². The third-order valence-electron chi connectivity index (χ3n) is 5.47. The van der Waals surface area contributed by atoms with Crippen molar-refractivity contribution in [3.8, 4) is 11.5 Å². The van der Waals surface area contributed by atoms with Crippen LogP contribution in [0.2, 0.25) is 5.02 Å². The van der Waals surface area contributed by atoms with E-state index >= 15 is 0 Å². The minimum Gasteiger partial charge on any atom is -0.497 e. The van der Waals surface area contributed by atoms with Crippen LogP contribution in [0.25, 0.3) is 0 Å². The number of halogens is 1. The van der Waals surface area contributed by atoms with E-state index in [-0.39, 0.29) is 13.2 Å². The van der Waals surface area contributed by atoms with Crippen molar-refractivity contribution in [3.63, 3.8) is 0 Å². The van der Waals surface area contributed by atoms with Crippen LogP contribution in [-0.2, 0) is 20.1 Å². The van der Waals surface area contributed by atoms with Crippen molar-refractivity contribution >= 4 is 23.1 Å². The van der Waals surface area contributed by atoms with Gasteiger partial charge in [0.1, 0.15) is 23.0 Å². The second-order valence-electron chi connectivity index (χ2n) is 7.62. The van der Waals surface area contributed by atoms with Gasteiger partial charge in [0, 0.05) is 31.8 Å². The summed E-state index contributed by atoms with van der Waals surface area (Å²) in [4.78, 5) is 28.0. The fraction of sp³-hybridized carbons (Fsp3) is 0.304. The van der Waals surface area contributed by atoms with Gasteiger partial charge in [-0.25, -0.2) is 4.79 Å². The van der Waals surface area contributed by atoms with Crippen LogP contribution in [0, 0.1) is 0 Å². The lowest BCUT2D eigenvalue weighted by Crippen LogP contribution is -2.43. The first-order chi connectivity index (χ1) is 15.9. The zero-order chi connectivity index (χ0) is 23.5. The Labute approximate surface area is 195 Å². The molecule has 9 nitrogen and oxygen atoms in total.